The third-order valence-corrected chi connectivity index (χ3v) is 4.52. The molecule has 0 atom stereocenters. The molecule has 1 heterocycles. The summed E-state index contributed by atoms with van der Waals surface area (Å²) < 4.78 is 77.9. The van der Waals surface area contributed by atoms with Gasteiger partial charge >= 0.3 is 12.4 Å². The quantitative estimate of drug-likeness (QED) is 0.681. The molecule has 0 saturated carbocycles. The first-order valence-electron chi connectivity index (χ1n) is 8.44. The van der Waals surface area contributed by atoms with E-state index in [2.05, 4.69) is 0 Å². The van der Waals surface area contributed by atoms with Gasteiger partial charge in [0.05, 0.1) is 11.1 Å². The van der Waals surface area contributed by atoms with Gasteiger partial charge in [0.25, 0.3) is 5.91 Å². The van der Waals surface area contributed by atoms with Crippen molar-refractivity contribution in [3.63, 3.8) is 0 Å². The SMILES string of the molecule is O=C(c1cc(C(F)(F)F)cc(C(F)(F)F)c1)N1CCN(c2ccccc2)CC1. The van der Waals surface area contributed by atoms with Gasteiger partial charge < -0.3 is 9.80 Å². The van der Waals surface area contributed by atoms with Gasteiger partial charge in [0.2, 0.25) is 0 Å². The second-order valence-corrected chi connectivity index (χ2v) is 6.41. The minimum Gasteiger partial charge on any atom is -0.368 e. The molecule has 0 radical (unpaired) electrons. The molecule has 0 aromatic heterocycles. The van der Waals surface area contributed by atoms with Gasteiger partial charge in [-0.3, -0.25) is 4.79 Å². The zero-order chi connectivity index (χ0) is 20.5. The number of piperazine rings is 1. The van der Waals surface area contributed by atoms with Crippen LogP contribution in [0.25, 0.3) is 0 Å². The van der Waals surface area contributed by atoms with E-state index in [-0.39, 0.29) is 19.2 Å². The average molecular weight is 402 g/mol. The molecular weight excluding hydrogens is 386 g/mol. The van der Waals surface area contributed by atoms with E-state index in [1.807, 2.05) is 35.2 Å². The highest BCUT2D eigenvalue weighted by Crippen LogP contribution is 2.36. The molecule has 0 unspecified atom stereocenters. The van der Waals surface area contributed by atoms with Crippen molar-refractivity contribution in [2.75, 3.05) is 31.1 Å². The van der Waals surface area contributed by atoms with Crippen LogP contribution in [0.15, 0.2) is 48.5 Å². The molecule has 1 fully saturated rings. The van der Waals surface area contributed by atoms with E-state index in [9.17, 15) is 31.1 Å². The van der Waals surface area contributed by atoms with E-state index >= 15 is 0 Å². The maximum atomic E-state index is 13.0. The number of benzene rings is 2. The smallest absolute Gasteiger partial charge is 0.368 e. The summed E-state index contributed by atoms with van der Waals surface area (Å²) in [5, 5.41) is 0. The number of hydrogen-bond donors (Lipinski definition) is 0. The predicted molar refractivity (Wildman–Crippen MR) is 91.0 cm³/mol. The van der Waals surface area contributed by atoms with Crippen LogP contribution in [0.1, 0.15) is 21.5 Å². The van der Waals surface area contributed by atoms with Crippen LogP contribution >= 0.6 is 0 Å². The molecule has 0 bridgehead atoms. The number of rotatable bonds is 2. The molecule has 2 aromatic carbocycles. The maximum Gasteiger partial charge on any atom is 0.416 e. The fourth-order valence-electron chi connectivity index (χ4n) is 3.07. The third kappa shape index (κ3) is 4.40. The van der Waals surface area contributed by atoms with Gasteiger partial charge in [-0.2, -0.15) is 26.3 Å². The first-order chi connectivity index (χ1) is 13.1. The van der Waals surface area contributed by atoms with Crippen molar-refractivity contribution in [1.29, 1.82) is 0 Å². The van der Waals surface area contributed by atoms with Gasteiger partial charge in [0.15, 0.2) is 0 Å². The van der Waals surface area contributed by atoms with E-state index in [4.69, 9.17) is 0 Å². The lowest BCUT2D eigenvalue weighted by Gasteiger charge is -2.36. The first kappa shape index (κ1) is 20.0. The molecule has 150 valence electrons. The molecule has 3 nitrogen and oxygen atoms in total. The summed E-state index contributed by atoms with van der Waals surface area (Å²) >= 11 is 0. The number of halogens is 6. The second-order valence-electron chi connectivity index (χ2n) is 6.41. The van der Waals surface area contributed by atoms with Crippen LogP contribution in [0.3, 0.4) is 0 Å². The first-order valence-corrected chi connectivity index (χ1v) is 8.44. The largest absolute Gasteiger partial charge is 0.416 e. The summed E-state index contributed by atoms with van der Waals surface area (Å²) in [5.41, 5.74) is -2.66. The zero-order valence-corrected chi connectivity index (χ0v) is 14.5. The van der Waals surface area contributed by atoms with E-state index in [1.165, 1.54) is 4.90 Å². The lowest BCUT2D eigenvalue weighted by atomic mass is 10.0. The van der Waals surface area contributed by atoms with Crippen LogP contribution in [-0.2, 0) is 12.4 Å². The maximum absolute atomic E-state index is 13.0. The fourth-order valence-corrected chi connectivity index (χ4v) is 3.07. The summed E-state index contributed by atoms with van der Waals surface area (Å²) in [4.78, 5) is 15.8. The Bertz CT molecular complexity index is 807. The lowest BCUT2D eigenvalue weighted by molar-refractivity contribution is -0.143. The number of alkyl halides is 6. The zero-order valence-electron chi connectivity index (χ0n) is 14.5. The number of anilines is 1. The van der Waals surface area contributed by atoms with E-state index in [0.717, 1.165) is 5.69 Å². The molecule has 1 amide bonds. The van der Waals surface area contributed by atoms with E-state index in [0.29, 0.717) is 25.2 Å². The standard InChI is InChI=1S/C19H16F6N2O/c20-18(21,22)14-10-13(11-15(12-14)19(23,24)25)17(28)27-8-6-26(7-9-27)16-4-2-1-3-5-16/h1-5,10-12H,6-9H2. The Kier molecular flexibility index (Phi) is 5.27. The Labute approximate surface area is 157 Å². The van der Waals surface area contributed by atoms with E-state index < -0.39 is 35.0 Å². The van der Waals surface area contributed by atoms with Gasteiger partial charge in [-0.05, 0) is 30.3 Å². The van der Waals surface area contributed by atoms with Crippen LogP contribution in [0.2, 0.25) is 0 Å². The van der Waals surface area contributed by atoms with Crippen molar-refractivity contribution in [2.24, 2.45) is 0 Å². The number of nitrogens with zero attached hydrogens (tertiary/aromatic N) is 2. The van der Waals surface area contributed by atoms with Crippen LogP contribution in [0, 0.1) is 0 Å². The highest BCUT2D eigenvalue weighted by molar-refractivity contribution is 5.95. The summed E-state index contributed by atoms with van der Waals surface area (Å²) in [6.45, 7) is 1.26. The fraction of sp³-hybridized carbons (Fsp3) is 0.316. The molecule has 1 aliphatic heterocycles. The van der Waals surface area contributed by atoms with Gasteiger partial charge in [-0.25, -0.2) is 0 Å². The van der Waals surface area contributed by atoms with Crippen molar-refractivity contribution in [1.82, 2.24) is 4.90 Å². The Balaban J connectivity index is 1.81. The second kappa shape index (κ2) is 7.37. The van der Waals surface area contributed by atoms with Crippen LogP contribution in [0.5, 0.6) is 0 Å². The topological polar surface area (TPSA) is 23.6 Å². The highest BCUT2D eigenvalue weighted by Gasteiger charge is 2.38. The Morgan fingerprint density at radius 3 is 1.71 bits per heavy atom. The molecule has 9 heteroatoms. The Hall–Kier alpha value is -2.71. The molecule has 28 heavy (non-hydrogen) atoms. The van der Waals surface area contributed by atoms with Crippen molar-refractivity contribution in [2.45, 2.75) is 12.4 Å². The Morgan fingerprint density at radius 2 is 1.25 bits per heavy atom. The molecule has 3 rings (SSSR count). The average Bonchev–Trinajstić information content (AvgIpc) is 2.66. The third-order valence-electron chi connectivity index (χ3n) is 4.52. The van der Waals surface area contributed by atoms with Gasteiger partial charge in [-0.1, -0.05) is 18.2 Å². The van der Waals surface area contributed by atoms with Crippen molar-refractivity contribution in [3.8, 4) is 0 Å². The molecule has 1 aliphatic rings. The van der Waals surface area contributed by atoms with Gasteiger partial charge in [0.1, 0.15) is 0 Å². The summed E-state index contributed by atoms with van der Waals surface area (Å²) in [6, 6.07) is 10.3. The normalized spacial score (nSPS) is 15.6. The Morgan fingerprint density at radius 1 is 0.750 bits per heavy atom. The van der Waals surface area contributed by atoms with Crippen LogP contribution in [-0.4, -0.2) is 37.0 Å². The van der Waals surface area contributed by atoms with Crippen molar-refractivity contribution in [3.05, 3.63) is 65.2 Å². The summed E-state index contributed by atoms with van der Waals surface area (Å²) in [6.07, 6.45) is -9.97. The van der Waals surface area contributed by atoms with Crippen LogP contribution in [0.4, 0.5) is 32.0 Å². The number of carbonyl (C=O) groups is 1. The van der Waals surface area contributed by atoms with Crippen molar-refractivity contribution >= 4 is 11.6 Å². The number of hydrogen-bond acceptors (Lipinski definition) is 2. The lowest BCUT2D eigenvalue weighted by Crippen LogP contribution is -2.48. The van der Waals surface area contributed by atoms with Gasteiger partial charge in [0, 0.05) is 37.4 Å². The predicted octanol–water partition coefficient (Wildman–Crippen LogP) is 4.69. The number of amides is 1. The molecular formula is C19H16F6N2O. The molecule has 1 saturated heterocycles. The molecule has 0 aliphatic carbocycles. The van der Waals surface area contributed by atoms with E-state index in [1.54, 1.807) is 0 Å². The molecule has 0 N–H and O–H groups in total. The highest BCUT2D eigenvalue weighted by atomic mass is 19.4. The number of para-hydroxylation sites is 1. The monoisotopic (exact) mass is 402 g/mol. The molecule has 2 aromatic rings. The van der Waals surface area contributed by atoms with Gasteiger partial charge in [-0.15, -0.1) is 0 Å². The van der Waals surface area contributed by atoms with Crippen LogP contribution < -0.4 is 4.90 Å². The summed E-state index contributed by atoms with van der Waals surface area (Å²) in [7, 11) is 0. The minimum absolute atomic E-state index is 0.0180. The number of carbonyl (C=O) groups excluding carboxylic acids is 1. The van der Waals surface area contributed by atoms with Crippen molar-refractivity contribution < 1.29 is 31.1 Å². The summed E-state index contributed by atoms with van der Waals surface area (Å²) in [5.74, 6) is -0.843. The molecule has 0 spiro atoms. The minimum atomic E-state index is -4.98.